The highest BCUT2D eigenvalue weighted by molar-refractivity contribution is 6.31. The molecule has 0 heterocycles. The van der Waals surface area contributed by atoms with Gasteiger partial charge in [0.2, 0.25) is 5.91 Å². The second kappa shape index (κ2) is 8.43. The first kappa shape index (κ1) is 16.3. The molecule has 1 aromatic carbocycles. The molecule has 0 aliphatic rings. The minimum atomic E-state index is -0.337. The lowest BCUT2D eigenvalue weighted by Gasteiger charge is -2.10. The molecule has 6 heteroatoms. The SMILES string of the molecule is CCCCNC(=O)NCC(=O)Nc1cccc(Cl)c1C. The summed E-state index contributed by atoms with van der Waals surface area (Å²) in [5, 5.41) is 8.47. The van der Waals surface area contributed by atoms with Gasteiger partial charge in [0.15, 0.2) is 0 Å². The molecule has 110 valence electrons. The molecule has 0 atom stereocenters. The van der Waals surface area contributed by atoms with E-state index < -0.39 is 0 Å². The first-order valence-corrected chi connectivity index (χ1v) is 6.99. The predicted octanol–water partition coefficient (Wildman–Crippen LogP) is 2.69. The topological polar surface area (TPSA) is 70.2 Å². The Labute approximate surface area is 124 Å². The molecule has 1 aromatic rings. The standard InChI is InChI=1S/C14H20ClN3O2/c1-3-4-8-16-14(20)17-9-13(19)18-12-7-5-6-11(15)10(12)2/h5-7H,3-4,8-9H2,1-2H3,(H,18,19)(H2,16,17,20). The molecule has 1 rings (SSSR count). The van der Waals surface area contributed by atoms with E-state index >= 15 is 0 Å². The van der Waals surface area contributed by atoms with Crippen LogP contribution in [0.15, 0.2) is 18.2 Å². The third-order valence-corrected chi connectivity index (χ3v) is 3.18. The molecule has 3 amide bonds. The molecule has 0 aromatic heterocycles. The second-order valence-electron chi connectivity index (χ2n) is 4.42. The normalized spacial score (nSPS) is 9.95. The first-order chi connectivity index (χ1) is 9.54. The van der Waals surface area contributed by atoms with Crippen LogP contribution in [0, 0.1) is 6.92 Å². The zero-order valence-corrected chi connectivity index (χ0v) is 12.5. The molecule has 0 aliphatic carbocycles. The molecule has 0 bridgehead atoms. The molecule has 0 radical (unpaired) electrons. The van der Waals surface area contributed by atoms with Gasteiger partial charge >= 0.3 is 6.03 Å². The van der Waals surface area contributed by atoms with E-state index in [0.29, 0.717) is 17.3 Å². The van der Waals surface area contributed by atoms with Crippen LogP contribution in [0.4, 0.5) is 10.5 Å². The van der Waals surface area contributed by atoms with Gasteiger partial charge in [-0.3, -0.25) is 4.79 Å². The fourth-order valence-electron chi connectivity index (χ4n) is 1.54. The van der Waals surface area contributed by atoms with Crippen LogP contribution in [-0.4, -0.2) is 25.0 Å². The quantitative estimate of drug-likeness (QED) is 0.707. The molecule has 0 spiro atoms. The number of hydrogen-bond acceptors (Lipinski definition) is 2. The van der Waals surface area contributed by atoms with Gasteiger partial charge in [0.25, 0.3) is 0 Å². The third kappa shape index (κ3) is 5.48. The Morgan fingerprint density at radius 3 is 2.70 bits per heavy atom. The number of hydrogen-bond donors (Lipinski definition) is 3. The van der Waals surface area contributed by atoms with Crippen LogP contribution in [0.3, 0.4) is 0 Å². The van der Waals surface area contributed by atoms with Gasteiger partial charge in [-0.15, -0.1) is 0 Å². The molecule has 0 saturated carbocycles. The Morgan fingerprint density at radius 2 is 2.00 bits per heavy atom. The molecular weight excluding hydrogens is 278 g/mol. The first-order valence-electron chi connectivity index (χ1n) is 6.61. The van der Waals surface area contributed by atoms with Crippen molar-refractivity contribution >= 4 is 29.2 Å². The highest BCUT2D eigenvalue weighted by Gasteiger charge is 2.08. The number of amides is 3. The van der Waals surface area contributed by atoms with Gasteiger partial charge in [0, 0.05) is 17.3 Å². The van der Waals surface area contributed by atoms with Crippen molar-refractivity contribution in [1.29, 1.82) is 0 Å². The lowest BCUT2D eigenvalue weighted by molar-refractivity contribution is -0.115. The van der Waals surface area contributed by atoms with Crippen LogP contribution >= 0.6 is 11.6 Å². The Kier molecular flexibility index (Phi) is 6.87. The summed E-state index contributed by atoms with van der Waals surface area (Å²) in [4.78, 5) is 23.1. The van der Waals surface area contributed by atoms with Crippen molar-refractivity contribution in [1.82, 2.24) is 10.6 Å². The smallest absolute Gasteiger partial charge is 0.315 e. The summed E-state index contributed by atoms with van der Waals surface area (Å²) in [5.41, 5.74) is 1.45. The summed E-state index contributed by atoms with van der Waals surface area (Å²) < 4.78 is 0. The molecule has 0 fully saturated rings. The Morgan fingerprint density at radius 1 is 1.25 bits per heavy atom. The number of urea groups is 1. The minimum Gasteiger partial charge on any atom is -0.338 e. The van der Waals surface area contributed by atoms with Gasteiger partial charge in [-0.2, -0.15) is 0 Å². The average Bonchev–Trinajstić information content (AvgIpc) is 2.42. The van der Waals surface area contributed by atoms with Crippen molar-refractivity contribution in [2.75, 3.05) is 18.4 Å². The Bertz CT molecular complexity index is 477. The van der Waals surface area contributed by atoms with Crippen LogP contribution < -0.4 is 16.0 Å². The number of halogens is 1. The van der Waals surface area contributed by atoms with Crippen LogP contribution in [0.25, 0.3) is 0 Å². The number of unbranched alkanes of at least 4 members (excludes halogenated alkanes) is 1. The van der Waals surface area contributed by atoms with E-state index in [0.717, 1.165) is 18.4 Å². The maximum absolute atomic E-state index is 11.7. The van der Waals surface area contributed by atoms with Gasteiger partial charge in [0.05, 0.1) is 6.54 Å². The van der Waals surface area contributed by atoms with E-state index in [4.69, 9.17) is 11.6 Å². The molecule has 0 aliphatic heterocycles. The predicted molar refractivity (Wildman–Crippen MR) is 81.1 cm³/mol. The van der Waals surface area contributed by atoms with Crippen molar-refractivity contribution in [3.63, 3.8) is 0 Å². The van der Waals surface area contributed by atoms with Gasteiger partial charge in [0.1, 0.15) is 0 Å². The maximum Gasteiger partial charge on any atom is 0.315 e. The van der Waals surface area contributed by atoms with E-state index in [2.05, 4.69) is 16.0 Å². The summed E-state index contributed by atoms with van der Waals surface area (Å²) in [5.74, 6) is -0.291. The largest absolute Gasteiger partial charge is 0.338 e. The van der Waals surface area contributed by atoms with Gasteiger partial charge < -0.3 is 16.0 Å². The van der Waals surface area contributed by atoms with Crippen LogP contribution in [0.1, 0.15) is 25.3 Å². The molecule has 0 saturated heterocycles. The van der Waals surface area contributed by atoms with Crippen molar-refractivity contribution in [3.8, 4) is 0 Å². The zero-order valence-electron chi connectivity index (χ0n) is 11.8. The summed E-state index contributed by atoms with van der Waals surface area (Å²) >= 11 is 5.96. The third-order valence-electron chi connectivity index (χ3n) is 2.77. The van der Waals surface area contributed by atoms with Crippen LogP contribution in [0.5, 0.6) is 0 Å². The molecule has 0 unspecified atom stereocenters. The fourth-order valence-corrected chi connectivity index (χ4v) is 1.71. The fraction of sp³-hybridized carbons (Fsp3) is 0.429. The summed E-state index contributed by atoms with van der Waals surface area (Å²) in [6, 6.07) is 4.94. The lowest BCUT2D eigenvalue weighted by Crippen LogP contribution is -2.40. The minimum absolute atomic E-state index is 0.0795. The van der Waals surface area contributed by atoms with Crippen LogP contribution in [0.2, 0.25) is 5.02 Å². The number of nitrogens with one attached hydrogen (secondary N) is 3. The maximum atomic E-state index is 11.7. The Hall–Kier alpha value is -1.75. The van der Waals surface area contributed by atoms with E-state index in [1.165, 1.54) is 0 Å². The molecule has 3 N–H and O–H groups in total. The number of rotatable bonds is 6. The van der Waals surface area contributed by atoms with E-state index in [1.807, 2.05) is 13.8 Å². The number of carbonyl (C=O) groups excluding carboxylic acids is 2. The Balaban J connectivity index is 2.37. The van der Waals surface area contributed by atoms with Crippen molar-refractivity contribution in [2.45, 2.75) is 26.7 Å². The average molecular weight is 298 g/mol. The van der Waals surface area contributed by atoms with Crippen molar-refractivity contribution in [3.05, 3.63) is 28.8 Å². The zero-order chi connectivity index (χ0) is 15.0. The van der Waals surface area contributed by atoms with Gasteiger partial charge in [-0.25, -0.2) is 4.79 Å². The van der Waals surface area contributed by atoms with E-state index in [9.17, 15) is 9.59 Å². The van der Waals surface area contributed by atoms with Gasteiger partial charge in [-0.1, -0.05) is 31.0 Å². The van der Waals surface area contributed by atoms with Crippen LogP contribution in [-0.2, 0) is 4.79 Å². The number of benzene rings is 1. The molecule has 5 nitrogen and oxygen atoms in total. The number of carbonyl (C=O) groups is 2. The molecule has 20 heavy (non-hydrogen) atoms. The highest BCUT2D eigenvalue weighted by atomic mass is 35.5. The summed E-state index contributed by atoms with van der Waals surface area (Å²) in [6.45, 7) is 4.39. The van der Waals surface area contributed by atoms with Crippen molar-refractivity contribution in [2.24, 2.45) is 0 Å². The summed E-state index contributed by atoms with van der Waals surface area (Å²) in [7, 11) is 0. The number of anilines is 1. The highest BCUT2D eigenvalue weighted by Crippen LogP contribution is 2.22. The molecular formula is C14H20ClN3O2. The lowest BCUT2D eigenvalue weighted by atomic mass is 10.2. The monoisotopic (exact) mass is 297 g/mol. The van der Waals surface area contributed by atoms with Crippen molar-refractivity contribution < 1.29 is 9.59 Å². The van der Waals surface area contributed by atoms with E-state index in [1.54, 1.807) is 18.2 Å². The summed E-state index contributed by atoms with van der Waals surface area (Å²) in [6.07, 6.45) is 1.93. The van der Waals surface area contributed by atoms with E-state index in [-0.39, 0.29) is 18.5 Å². The van der Waals surface area contributed by atoms with Gasteiger partial charge in [-0.05, 0) is 31.0 Å². The second-order valence-corrected chi connectivity index (χ2v) is 4.83.